The zero-order valence-corrected chi connectivity index (χ0v) is 12.2. The van der Waals surface area contributed by atoms with Crippen LogP contribution in [-0.2, 0) is 0 Å². The fourth-order valence-electron chi connectivity index (χ4n) is 4.14. The van der Waals surface area contributed by atoms with Gasteiger partial charge in [0, 0.05) is 5.41 Å². The molecule has 2 aliphatic carbocycles. The van der Waals surface area contributed by atoms with Crippen LogP contribution in [-0.4, -0.2) is 10.2 Å². The normalized spacial score (nSPS) is 28.9. The van der Waals surface area contributed by atoms with Crippen LogP contribution in [0.3, 0.4) is 0 Å². The van der Waals surface area contributed by atoms with E-state index in [1.165, 1.54) is 16.3 Å². The molecule has 1 spiro atoms. The van der Waals surface area contributed by atoms with Crippen molar-refractivity contribution in [1.29, 1.82) is 0 Å². The van der Waals surface area contributed by atoms with Gasteiger partial charge in [0.15, 0.2) is 0 Å². The van der Waals surface area contributed by atoms with E-state index in [4.69, 9.17) is 0 Å². The highest BCUT2D eigenvalue weighted by atomic mass is 16.3. The van der Waals surface area contributed by atoms with E-state index in [2.05, 4.69) is 26.0 Å². The molecule has 0 fully saturated rings. The molecule has 2 aliphatic rings. The SMILES string of the molecule is CC1c2ccc(O)cc2C(C)C12C=c1ccc(O)cc1=C2. The monoisotopic (exact) mass is 278 g/mol. The third kappa shape index (κ3) is 1.53. The van der Waals surface area contributed by atoms with E-state index in [-0.39, 0.29) is 5.41 Å². The van der Waals surface area contributed by atoms with E-state index in [9.17, 15) is 10.2 Å². The van der Waals surface area contributed by atoms with Crippen molar-refractivity contribution >= 4 is 12.2 Å². The van der Waals surface area contributed by atoms with Gasteiger partial charge in [-0.2, -0.15) is 0 Å². The molecule has 0 saturated carbocycles. The summed E-state index contributed by atoms with van der Waals surface area (Å²) in [7, 11) is 0. The van der Waals surface area contributed by atoms with Crippen molar-refractivity contribution in [1.82, 2.24) is 0 Å². The van der Waals surface area contributed by atoms with Crippen LogP contribution in [0.2, 0.25) is 0 Å². The Morgan fingerprint density at radius 3 is 2.19 bits per heavy atom. The van der Waals surface area contributed by atoms with Gasteiger partial charge in [-0.15, -0.1) is 0 Å². The molecule has 0 bridgehead atoms. The number of benzene rings is 2. The second-order valence-corrected chi connectivity index (χ2v) is 6.36. The van der Waals surface area contributed by atoms with Crippen LogP contribution in [0.5, 0.6) is 11.5 Å². The molecule has 2 heteroatoms. The number of hydrogen-bond donors (Lipinski definition) is 2. The van der Waals surface area contributed by atoms with Crippen LogP contribution in [0.15, 0.2) is 36.4 Å². The van der Waals surface area contributed by atoms with Gasteiger partial charge in [0.05, 0.1) is 0 Å². The molecule has 4 rings (SSSR count). The molecule has 0 saturated heterocycles. The van der Waals surface area contributed by atoms with Crippen LogP contribution in [0, 0.1) is 5.41 Å². The average molecular weight is 278 g/mol. The van der Waals surface area contributed by atoms with Crippen LogP contribution in [0.1, 0.15) is 36.8 Å². The molecule has 2 N–H and O–H groups in total. The first-order valence-corrected chi connectivity index (χ1v) is 7.39. The number of phenols is 2. The van der Waals surface area contributed by atoms with Crippen LogP contribution in [0.4, 0.5) is 0 Å². The lowest BCUT2D eigenvalue weighted by atomic mass is 9.72. The lowest BCUT2D eigenvalue weighted by Crippen LogP contribution is -2.20. The Kier molecular flexibility index (Phi) is 2.33. The molecule has 2 aromatic rings. The quantitative estimate of drug-likeness (QED) is 0.777. The van der Waals surface area contributed by atoms with Gasteiger partial charge in [0.25, 0.3) is 0 Å². The van der Waals surface area contributed by atoms with Gasteiger partial charge in [-0.1, -0.05) is 38.1 Å². The number of hydrogen-bond acceptors (Lipinski definition) is 2. The van der Waals surface area contributed by atoms with Crippen molar-refractivity contribution in [2.24, 2.45) is 5.41 Å². The van der Waals surface area contributed by atoms with Crippen LogP contribution >= 0.6 is 0 Å². The standard InChI is InChI=1S/C19H18O2/c1-11-17-6-5-16(21)8-18(17)12(2)19(11)9-13-3-4-15(20)7-14(13)10-19/h3-12,20-21H,1-2H3. The highest BCUT2D eigenvalue weighted by Crippen LogP contribution is 2.58. The molecule has 0 heterocycles. The van der Waals surface area contributed by atoms with Gasteiger partial charge in [0.2, 0.25) is 0 Å². The first-order valence-electron chi connectivity index (χ1n) is 7.39. The zero-order chi connectivity index (χ0) is 14.8. The fourth-order valence-corrected chi connectivity index (χ4v) is 4.14. The predicted molar refractivity (Wildman–Crippen MR) is 83.7 cm³/mol. The van der Waals surface area contributed by atoms with Gasteiger partial charge in [-0.05, 0) is 57.7 Å². The Morgan fingerprint density at radius 1 is 0.762 bits per heavy atom. The lowest BCUT2D eigenvalue weighted by molar-refractivity contribution is 0.443. The summed E-state index contributed by atoms with van der Waals surface area (Å²) in [4.78, 5) is 0. The Bertz CT molecular complexity index is 866. The predicted octanol–water partition coefficient (Wildman–Crippen LogP) is 2.58. The van der Waals surface area contributed by atoms with E-state index in [1.807, 2.05) is 24.3 Å². The summed E-state index contributed by atoms with van der Waals surface area (Å²) in [5.74, 6) is 1.31. The first-order chi connectivity index (χ1) is 10.0. The number of rotatable bonds is 0. The Labute approximate surface area is 123 Å². The van der Waals surface area contributed by atoms with E-state index in [0.29, 0.717) is 23.3 Å². The largest absolute Gasteiger partial charge is 0.508 e. The maximum absolute atomic E-state index is 9.79. The molecule has 3 atom stereocenters. The smallest absolute Gasteiger partial charge is 0.116 e. The average Bonchev–Trinajstić information content (AvgIpc) is 2.92. The maximum atomic E-state index is 9.79. The van der Waals surface area contributed by atoms with Crippen molar-refractivity contribution in [3.63, 3.8) is 0 Å². The van der Waals surface area contributed by atoms with Crippen molar-refractivity contribution in [3.05, 3.63) is 58.0 Å². The second-order valence-electron chi connectivity index (χ2n) is 6.36. The Morgan fingerprint density at radius 2 is 1.38 bits per heavy atom. The minimum absolute atomic E-state index is 0.0632. The number of aromatic hydroxyl groups is 2. The van der Waals surface area contributed by atoms with Crippen molar-refractivity contribution in [2.75, 3.05) is 0 Å². The van der Waals surface area contributed by atoms with Gasteiger partial charge in [-0.25, -0.2) is 0 Å². The first kappa shape index (κ1) is 12.5. The summed E-state index contributed by atoms with van der Waals surface area (Å²) in [5.41, 5.74) is 2.48. The third-order valence-electron chi connectivity index (χ3n) is 5.38. The molecule has 0 amide bonds. The van der Waals surface area contributed by atoms with E-state index in [1.54, 1.807) is 12.1 Å². The van der Waals surface area contributed by atoms with Crippen LogP contribution in [0.25, 0.3) is 12.2 Å². The molecular weight excluding hydrogens is 260 g/mol. The minimum atomic E-state index is -0.0632. The highest BCUT2D eigenvalue weighted by molar-refractivity contribution is 5.67. The van der Waals surface area contributed by atoms with Gasteiger partial charge in [0.1, 0.15) is 11.5 Å². The summed E-state index contributed by atoms with van der Waals surface area (Å²) >= 11 is 0. The summed E-state index contributed by atoms with van der Waals surface area (Å²) < 4.78 is 0. The zero-order valence-electron chi connectivity index (χ0n) is 12.2. The van der Waals surface area contributed by atoms with Crippen LogP contribution < -0.4 is 10.4 Å². The van der Waals surface area contributed by atoms with Crippen molar-refractivity contribution < 1.29 is 10.2 Å². The molecule has 21 heavy (non-hydrogen) atoms. The van der Waals surface area contributed by atoms with Gasteiger partial charge in [-0.3, -0.25) is 0 Å². The van der Waals surface area contributed by atoms with Crippen molar-refractivity contribution in [2.45, 2.75) is 25.7 Å². The van der Waals surface area contributed by atoms with E-state index in [0.717, 1.165) is 5.22 Å². The second kappa shape index (κ2) is 3.91. The number of fused-ring (bicyclic) bond motifs is 2. The molecule has 2 nitrogen and oxygen atoms in total. The molecule has 0 aromatic heterocycles. The van der Waals surface area contributed by atoms with Gasteiger partial charge < -0.3 is 10.2 Å². The minimum Gasteiger partial charge on any atom is -0.508 e. The van der Waals surface area contributed by atoms with E-state index >= 15 is 0 Å². The fraction of sp³-hybridized carbons (Fsp3) is 0.263. The summed E-state index contributed by atoms with van der Waals surface area (Å²) in [5, 5.41) is 21.8. The van der Waals surface area contributed by atoms with Gasteiger partial charge >= 0.3 is 0 Å². The Hall–Kier alpha value is -2.22. The lowest BCUT2D eigenvalue weighted by Gasteiger charge is -2.30. The molecule has 3 unspecified atom stereocenters. The molecule has 0 radical (unpaired) electrons. The Balaban J connectivity index is 1.96. The molecular formula is C19H18O2. The number of phenolic OH excluding ortho intramolecular Hbond substituents is 2. The van der Waals surface area contributed by atoms with E-state index < -0.39 is 0 Å². The summed E-state index contributed by atoms with van der Waals surface area (Å²) in [6.45, 7) is 4.47. The topological polar surface area (TPSA) is 40.5 Å². The summed E-state index contributed by atoms with van der Waals surface area (Å²) in [6.07, 6.45) is 4.61. The summed E-state index contributed by atoms with van der Waals surface area (Å²) in [6, 6.07) is 11.3. The maximum Gasteiger partial charge on any atom is 0.116 e. The molecule has 2 aromatic carbocycles. The highest BCUT2D eigenvalue weighted by Gasteiger charge is 2.47. The third-order valence-corrected chi connectivity index (χ3v) is 5.38. The molecule has 106 valence electrons. The van der Waals surface area contributed by atoms with Crippen molar-refractivity contribution in [3.8, 4) is 11.5 Å². The molecule has 0 aliphatic heterocycles.